The molecule has 0 spiro atoms. The average molecular weight is 297 g/mol. The Morgan fingerprint density at radius 3 is 2.63 bits per heavy atom. The van der Waals surface area contributed by atoms with Crippen LogP contribution in [-0.2, 0) is 6.42 Å². The number of aliphatic hydroxyl groups excluding tert-OH is 1. The molecule has 0 saturated heterocycles. The van der Waals surface area contributed by atoms with Gasteiger partial charge in [0.15, 0.2) is 5.16 Å². The largest absolute Gasteiger partial charge is 0.439 e. The average Bonchev–Trinajstić information content (AvgIpc) is 2.40. The van der Waals surface area contributed by atoms with Crippen molar-refractivity contribution in [1.29, 1.82) is 0 Å². The molecule has 0 unspecified atom stereocenters. The topological polar surface area (TPSA) is 55.2 Å². The van der Waals surface area contributed by atoms with Crippen LogP contribution in [0.2, 0.25) is 5.15 Å². The maximum atomic E-state index is 8.85. The van der Waals surface area contributed by atoms with Crippen LogP contribution in [0.1, 0.15) is 5.56 Å². The first-order chi connectivity index (χ1) is 9.21. The molecule has 2 rings (SSSR count). The van der Waals surface area contributed by atoms with E-state index in [2.05, 4.69) is 9.97 Å². The molecule has 0 aliphatic heterocycles. The molecule has 0 fully saturated rings. The van der Waals surface area contributed by atoms with Gasteiger partial charge in [-0.3, -0.25) is 0 Å². The summed E-state index contributed by atoms with van der Waals surface area (Å²) in [7, 11) is 0. The van der Waals surface area contributed by atoms with Crippen LogP contribution >= 0.6 is 23.4 Å². The van der Waals surface area contributed by atoms with Crippen LogP contribution in [0.5, 0.6) is 11.6 Å². The summed E-state index contributed by atoms with van der Waals surface area (Å²) in [5.74, 6) is 1.09. The molecule has 0 aliphatic carbocycles. The summed E-state index contributed by atoms with van der Waals surface area (Å²) in [6.45, 7) is 0.138. The van der Waals surface area contributed by atoms with Crippen molar-refractivity contribution in [3.63, 3.8) is 0 Å². The van der Waals surface area contributed by atoms with E-state index in [0.29, 0.717) is 28.4 Å². The molecule has 2 aromatic rings. The fraction of sp³-hybridized carbons (Fsp3) is 0.231. The molecular weight excluding hydrogens is 284 g/mol. The van der Waals surface area contributed by atoms with E-state index < -0.39 is 0 Å². The van der Waals surface area contributed by atoms with E-state index in [1.165, 1.54) is 11.8 Å². The Balaban J connectivity index is 2.14. The minimum absolute atomic E-state index is 0.138. The van der Waals surface area contributed by atoms with Gasteiger partial charge >= 0.3 is 0 Å². The van der Waals surface area contributed by atoms with E-state index in [1.807, 2.05) is 30.5 Å². The van der Waals surface area contributed by atoms with E-state index in [4.69, 9.17) is 21.4 Å². The second kappa shape index (κ2) is 6.75. The van der Waals surface area contributed by atoms with E-state index in [-0.39, 0.29) is 6.61 Å². The monoisotopic (exact) mass is 296 g/mol. The quantitative estimate of drug-likeness (QED) is 0.522. The highest BCUT2D eigenvalue weighted by Gasteiger charge is 2.05. The number of halogens is 1. The number of aliphatic hydroxyl groups is 1. The number of hydrogen-bond donors (Lipinski definition) is 1. The van der Waals surface area contributed by atoms with Crippen molar-refractivity contribution in [1.82, 2.24) is 9.97 Å². The molecule has 6 heteroatoms. The Hall–Kier alpha value is -1.30. The van der Waals surface area contributed by atoms with E-state index in [1.54, 1.807) is 6.07 Å². The van der Waals surface area contributed by atoms with Crippen molar-refractivity contribution in [3.05, 3.63) is 41.0 Å². The highest BCUT2D eigenvalue weighted by atomic mass is 35.5. The second-order valence-corrected chi connectivity index (χ2v) is 4.90. The summed E-state index contributed by atoms with van der Waals surface area (Å²) in [5.41, 5.74) is 1.06. The van der Waals surface area contributed by atoms with Gasteiger partial charge in [-0.2, -0.15) is 4.98 Å². The van der Waals surface area contributed by atoms with Gasteiger partial charge in [0.05, 0.1) is 0 Å². The number of ether oxygens (including phenoxy) is 1. The molecule has 100 valence electrons. The lowest BCUT2D eigenvalue weighted by Gasteiger charge is -2.07. The lowest BCUT2D eigenvalue weighted by molar-refractivity contribution is 0.299. The lowest BCUT2D eigenvalue weighted by Crippen LogP contribution is -1.93. The molecule has 0 aliphatic rings. The van der Waals surface area contributed by atoms with Crippen molar-refractivity contribution in [3.8, 4) is 11.6 Å². The molecule has 4 nitrogen and oxygen atoms in total. The fourth-order valence-electron chi connectivity index (χ4n) is 1.49. The zero-order chi connectivity index (χ0) is 13.7. The minimum atomic E-state index is 0.138. The van der Waals surface area contributed by atoms with E-state index in [0.717, 1.165) is 5.56 Å². The second-order valence-electron chi connectivity index (χ2n) is 3.74. The van der Waals surface area contributed by atoms with Crippen molar-refractivity contribution in [2.45, 2.75) is 11.6 Å². The Labute approximate surface area is 120 Å². The number of rotatable bonds is 5. The number of hydrogen-bond acceptors (Lipinski definition) is 5. The third kappa shape index (κ3) is 4.09. The zero-order valence-electron chi connectivity index (χ0n) is 10.3. The number of benzene rings is 1. The highest BCUT2D eigenvalue weighted by Crippen LogP contribution is 2.24. The fourth-order valence-corrected chi connectivity index (χ4v) is 2.09. The molecule has 1 heterocycles. The summed E-state index contributed by atoms with van der Waals surface area (Å²) < 4.78 is 5.62. The lowest BCUT2D eigenvalue weighted by atomic mass is 10.1. The number of aromatic nitrogens is 2. The Kier molecular flexibility index (Phi) is 5.01. The van der Waals surface area contributed by atoms with Gasteiger partial charge in [0.2, 0.25) is 5.88 Å². The maximum absolute atomic E-state index is 8.85. The Bertz CT molecular complexity index is 549. The number of nitrogens with zero attached hydrogens (tertiary/aromatic N) is 2. The van der Waals surface area contributed by atoms with Crippen molar-refractivity contribution in [2.24, 2.45) is 0 Å². The van der Waals surface area contributed by atoms with Gasteiger partial charge < -0.3 is 9.84 Å². The molecule has 1 aromatic heterocycles. The smallest absolute Gasteiger partial charge is 0.224 e. The van der Waals surface area contributed by atoms with Crippen molar-refractivity contribution in [2.75, 3.05) is 12.9 Å². The predicted molar refractivity (Wildman–Crippen MR) is 76.1 cm³/mol. The maximum Gasteiger partial charge on any atom is 0.224 e. The first-order valence-corrected chi connectivity index (χ1v) is 7.28. The first-order valence-electron chi connectivity index (χ1n) is 5.67. The minimum Gasteiger partial charge on any atom is -0.439 e. The van der Waals surface area contributed by atoms with Crippen LogP contribution in [0.25, 0.3) is 0 Å². The van der Waals surface area contributed by atoms with Crippen LogP contribution in [0.3, 0.4) is 0 Å². The van der Waals surface area contributed by atoms with Gasteiger partial charge in [0, 0.05) is 12.7 Å². The predicted octanol–water partition coefficient (Wildman–Crippen LogP) is 3.18. The molecule has 1 aromatic carbocycles. The third-order valence-electron chi connectivity index (χ3n) is 2.38. The summed E-state index contributed by atoms with van der Waals surface area (Å²) in [6, 6.07) is 9.05. The number of thioether (sulfide) groups is 1. The van der Waals surface area contributed by atoms with Crippen LogP contribution in [-0.4, -0.2) is 27.9 Å². The molecule has 0 saturated carbocycles. The van der Waals surface area contributed by atoms with Crippen LogP contribution in [0.4, 0.5) is 0 Å². The summed E-state index contributed by atoms with van der Waals surface area (Å²) >= 11 is 7.29. The zero-order valence-corrected chi connectivity index (χ0v) is 11.9. The summed E-state index contributed by atoms with van der Waals surface area (Å²) in [4.78, 5) is 8.25. The van der Waals surface area contributed by atoms with Gasteiger partial charge in [-0.15, -0.1) is 0 Å². The summed E-state index contributed by atoms with van der Waals surface area (Å²) in [5, 5.41) is 9.77. The molecule has 0 amide bonds. The standard InChI is InChI=1S/C13H13ClN2O2S/c1-19-13-15-11(14)8-12(16-13)18-10-4-2-9(3-5-10)6-7-17/h2-5,8,17H,6-7H2,1H3. The molecule has 0 radical (unpaired) electrons. The van der Waals surface area contributed by atoms with E-state index in [9.17, 15) is 0 Å². The molecular formula is C13H13ClN2O2S. The molecule has 0 atom stereocenters. The normalized spacial score (nSPS) is 10.5. The molecule has 1 N–H and O–H groups in total. The van der Waals surface area contributed by atoms with Crippen LogP contribution < -0.4 is 4.74 Å². The van der Waals surface area contributed by atoms with Crippen LogP contribution in [0, 0.1) is 0 Å². The van der Waals surface area contributed by atoms with Crippen LogP contribution in [0.15, 0.2) is 35.5 Å². The molecule has 19 heavy (non-hydrogen) atoms. The summed E-state index contributed by atoms with van der Waals surface area (Å²) in [6.07, 6.45) is 2.51. The SMILES string of the molecule is CSc1nc(Cl)cc(Oc2ccc(CCO)cc2)n1. The Morgan fingerprint density at radius 1 is 1.26 bits per heavy atom. The first kappa shape index (κ1) is 14.1. The van der Waals surface area contributed by atoms with Crippen molar-refractivity contribution < 1.29 is 9.84 Å². The third-order valence-corrected chi connectivity index (χ3v) is 3.12. The van der Waals surface area contributed by atoms with Gasteiger partial charge in [0.25, 0.3) is 0 Å². The van der Waals surface area contributed by atoms with E-state index >= 15 is 0 Å². The molecule has 0 bridgehead atoms. The van der Waals surface area contributed by atoms with Gasteiger partial charge in [-0.25, -0.2) is 4.98 Å². The van der Waals surface area contributed by atoms with Gasteiger partial charge in [-0.05, 0) is 30.4 Å². The van der Waals surface area contributed by atoms with Crippen molar-refractivity contribution >= 4 is 23.4 Å². The van der Waals surface area contributed by atoms with Gasteiger partial charge in [-0.1, -0.05) is 35.5 Å². The highest BCUT2D eigenvalue weighted by molar-refractivity contribution is 7.98. The van der Waals surface area contributed by atoms with Gasteiger partial charge in [0.1, 0.15) is 10.9 Å². The Morgan fingerprint density at radius 2 is 2.00 bits per heavy atom.